The maximum Gasteiger partial charge on any atom is 0.214 e. The fourth-order valence-electron chi connectivity index (χ4n) is 1.94. The summed E-state index contributed by atoms with van der Waals surface area (Å²) >= 11 is 4.96. The van der Waals surface area contributed by atoms with Crippen molar-refractivity contribution < 1.29 is 4.79 Å². The Labute approximate surface area is 128 Å². The van der Waals surface area contributed by atoms with E-state index >= 15 is 0 Å². The minimum Gasteiger partial charge on any atom is -0.290 e. The van der Waals surface area contributed by atoms with Gasteiger partial charge in [-0.2, -0.15) is 0 Å². The van der Waals surface area contributed by atoms with E-state index < -0.39 is 0 Å². The Morgan fingerprint density at radius 2 is 2.05 bits per heavy atom. The van der Waals surface area contributed by atoms with Gasteiger partial charge in [0, 0.05) is 18.0 Å². The lowest BCUT2D eigenvalue weighted by atomic mass is 10.1. The smallest absolute Gasteiger partial charge is 0.214 e. The molecule has 2 heterocycles. The maximum absolute atomic E-state index is 12.5. The quantitative estimate of drug-likeness (QED) is 0.537. The van der Waals surface area contributed by atoms with Gasteiger partial charge >= 0.3 is 0 Å². The first-order chi connectivity index (χ1) is 9.72. The summed E-state index contributed by atoms with van der Waals surface area (Å²) in [5.74, 6) is -0.103. The van der Waals surface area contributed by atoms with E-state index in [0.29, 0.717) is 21.5 Å². The number of hydrogen-bond donors (Lipinski definition) is 0. The topological polar surface area (TPSA) is 47.3 Å². The van der Waals surface area contributed by atoms with Crippen molar-refractivity contribution in [1.82, 2.24) is 14.4 Å². The summed E-state index contributed by atoms with van der Waals surface area (Å²) < 4.78 is 2.48. The monoisotopic (exact) mass is 347 g/mol. The molecule has 0 aliphatic heterocycles. The van der Waals surface area contributed by atoms with Gasteiger partial charge in [-0.15, -0.1) is 11.8 Å². The number of hydrogen-bond acceptors (Lipinski definition) is 4. The first kappa shape index (κ1) is 13.3. The van der Waals surface area contributed by atoms with Crippen molar-refractivity contribution in [1.29, 1.82) is 0 Å². The van der Waals surface area contributed by atoms with Crippen LogP contribution < -0.4 is 0 Å². The van der Waals surface area contributed by atoms with E-state index in [1.807, 2.05) is 28.9 Å². The number of ketones is 1. The number of fused-ring (bicyclic) bond motifs is 1. The zero-order chi connectivity index (χ0) is 14.1. The summed E-state index contributed by atoms with van der Waals surface area (Å²) in [6.07, 6.45) is 5.42. The van der Waals surface area contributed by atoms with E-state index in [4.69, 9.17) is 0 Å². The Hall–Kier alpha value is -1.66. The number of imidazole rings is 1. The molecule has 0 radical (unpaired) electrons. The molecule has 1 aromatic carbocycles. The predicted octanol–water partition coefficient (Wildman–Crippen LogP) is 3.44. The summed E-state index contributed by atoms with van der Waals surface area (Å²) in [6.45, 7) is 0. The van der Waals surface area contributed by atoms with E-state index in [0.717, 1.165) is 5.03 Å². The lowest BCUT2D eigenvalue weighted by Gasteiger charge is -1.98. The van der Waals surface area contributed by atoms with Crippen LogP contribution in [0, 0.1) is 0 Å². The van der Waals surface area contributed by atoms with Crippen molar-refractivity contribution in [2.75, 3.05) is 6.26 Å². The lowest BCUT2D eigenvalue weighted by Crippen LogP contribution is -2.02. The predicted molar refractivity (Wildman–Crippen MR) is 82.3 cm³/mol. The van der Waals surface area contributed by atoms with Gasteiger partial charge in [-0.1, -0.05) is 30.3 Å². The number of nitrogens with zero attached hydrogens (tertiary/aromatic N) is 3. The van der Waals surface area contributed by atoms with Crippen LogP contribution in [-0.2, 0) is 0 Å². The fraction of sp³-hybridized carbons (Fsp3) is 0.0714. The second-order valence-electron chi connectivity index (χ2n) is 4.08. The Morgan fingerprint density at radius 3 is 2.75 bits per heavy atom. The van der Waals surface area contributed by atoms with Crippen LogP contribution >= 0.6 is 27.7 Å². The number of carbonyl (C=O) groups is 1. The Morgan fingerprint density at radius 1 is 1.30 bits per heavy atom. The van der Waals surface area contributed by atoms with E-state index in [-0.39, 0.29) is 5.78 Å². The van der Waals surface area contributed by atoms with Crippen molar-refractivity contribution in [2.45, 2.75) is 5.03 Å². The Balaban J connectivity index is 2.18. The first-order valence-corrected chi connectivity index (χ1v) is 7.90. The number of benzene rings is 1. The number of rotatable bonds is 3. The van der Waals surface area contributed by atoms with Crippen molar-refractivity contribution in [3.63, 3.8) is 0 Å². The molecule has 2 aromatic heterocycles. The van der Waals surface area contributed by atoms with Crippen molar-refractivity contribution in [2.24, 2.45) is 0 Å². The van der Waals surface area contributed by atoms with E-state index in [1.54, 1.807) is 24.5 Å². The molecule has 0 atom stereocenters. The van der Waals surface area contributed by atoms with E-state index in [2.05, 4.69) is 25.9 Å². The average molecular weight is 348 g/mol. The molecule has 0 spiro atoms. The minimum atomic E-state index is -0.103. The summed E-state index contributed by atoms with van der Waals surface area (Å²) in [5.41, 5.74) is 1.71. The summed E-state index contributed by atoms with van der Waals surface area (Å²) in [7, 11) is 0. The summed E-state index contributed by atoms with van der Waals surface area (Å²) in [5, 5.41) is 0.792. The third kappa shape index (κ3) is 2.14. The molecule has 0 aliphatic rings. The Kier molecular flexibility index (Phi) is 3.58. The molecule has 6 heteroatoms. The third-order valence-corrected chi connectivity index (χ3v) is 4.33. The molecule has 0 fully saturated rings. The van der Waals surface area contributed by atoms with Crippen LogP contribution in [0.3, 0.4) is 0 Å². The van der Waals surface area contributed by atoms with Gasteiger partial charge in [0.15, 0.2) is 5.65 Å². The van der Waals surface area contributed by atoms with Gasteiger partial charge < -0.3 is 0 Å². The molecular formula is C14H10BrN3OS. The van der Waals surface area contributed by atoms with Crippen LogP contribution in [0.1, 0.15) is 16.1 Å². The van der Waals surface area contributed by atoms with Gasteiger partial charge in [0.2, 0.25) is 5.78 Å². The van der Waals surface area contributed by atoms with Gasteiger partial charge in [0.05, 0.1) is 0 Å². The molecule has 3 rings (SSSR count). The SMILES string of the molecule is CSc1nccn2c(Br)c(C(=O)c3ccccc3)nc12. The van der Waals surface area contributed by atoms with Gasteiger partial charge in [-0.05, 0) is 22.2 Å². The molecule has 0 unspecified atom stereocenters. The molecule has 4 nitrogen and oxygen atoms in total. The maximum atomic E-state index is 12.5. The van der Waals surface area contributed by atoms with E-state index in [1.165, 1.54) is 11.8 Å². The molecular weight excluding hydrogens is 338 g/mol. The van der Waals surface area contributed by atoms with Crippen LogP contribution in [0.4, 0.5) is 0 Å². The van der Waals surface area contributed by atoms with Gasteiger partial charge in [-0.3, -0.25) is 9.20 Å². The minimum absolute atomic E-state index is 0.103. The van der Waals surface area contributed by atoms with Crippen molar-refractivity contribution in [3.05, 3.63) is 58.6 Å². The standard InChI is InChI=1S/C14H10BrN3OS/c1-20-14-13-17-10(12(15)18(13)8-7-16-14)11(19)9-5-3-2-4-6-9/h2-8H,1H3. The molecule has 20 heavy (non-hydrogen) atoms. The molecule has 100 valence electrons. The molecule has 0 saturated carbocycles. The molecule has 0 amide bonds. The molecule has 3 aromatic rings. The second kappa shape index (κ2) is 5.38. The fourth-order valence-corrected chi connectivity index (χ4v) is 2.99. The van der Waals surface area contributed by atoms with Crippen molar-refractivity contribution >= 4 is 39.1 Å². The molecule has 0 saturated heterocycles. The second-order valence-corrected chi connectivity index (χ2v) is 5.62. The zero-order valence-corrected chi connectivity index (χ0v) is 13.0. The normalized spacial score (nSPS) is 10.9. The summed E-state index contributed by atoms with van der Waals surface area (Å²) in [4.78, 5) is 21.2. The highest BCUT2D eigenvalue weighted by molar-refractivity contribution is 9.10. The van der Waals surface area contributed by atoms with Gasteiger partial charge in [0.1, 0.15) is 15.3 Å². The van der Waals surface area contributed by atoms with Crippen LogP contribution in [0.2, 0.25) is 0 Å². The van der Waals surface area contributed by atoms with Crippen LogP contribution in [0.15, 0.2) is 52.4 Å². The van der Waals surface area contributed by atoms with E-state index in [9.17, 15) is 4.79 Å². The average Bonchev–Trinajstić information content (AvgIpc) is 2.85. The number of aromatic nitrogens is 3. The first-order valence-electron chi connectivity index (χ1n) is 5.88. The van der Waals surface area contributed by atoms with Crippen LogP contribution in [0.5, 0.6) is 0 Å². The summed E-state index contributed by atoms with van der Waals surface area (Å²) in [6, 6.07) is 9.13. The lowest BCUT2D eigenvalue weighted by molar-refractivity contribution is 0.103. The highest BCUT2D eigenvalue weighted by Crippen LogP contribution is 2.25. The number of carbonyl (C=O) groups excluding carboxylic acids is 1. The van der Waals surface area contributed by atoms with Crippen LogP contribution in [0.25, 0.3) is 5.65 Å². The number of halogens is 1. The van der Waals surface area contributed by atoms with Crippen LogP contribution in [-0.4, -0.2) is 26.4 Å². The third-order valence-electron chi connectivity index (χ3n) is 2.90. The van der Waals surface area contributed by atoms with Crippen molar-refractivity contribution in [3.8, 4) is 0 Å². The number of thioether (sulfide) groups is 1. The molecule has 0 aliphatic carbocycles. The Bertz CT molecular complexity index is 786. The van der Waals surface area contributed by atoms with Gasteiger partial charge in [-0.25, -0.2) is 9.97 Å². The molecule has 0 N–H and O–H groups in total. The largest absolute Gasteiger partial charge is 0.290 e. The zero-order valence-electron chi connectivity index (χ0n) is 10.6. The highest BCUT2D eigenvalue weighted by atomic mass is 79.9. The molecule has 0 bridgehead atoms. The highest BCUT2D eigenvalue weighted by Gasteiger charge is 2.20. The van der Waals surface area contributed by atoms with Gasteiger partial charge in [0.25, 0.3) is 0 Å².